The second-order valence-corrected chi connectivity index (χ2v) is 7.36. The predicted molar refractivity (Wildman–Crippen MR) is 121 cm³/mol. The summed E-state index contributed by atoms with van der Waals surface area (Å²) in [5.74, 6) is 0.152. The number of hydrogen-bond acceptors (Lipinski definition) is 8. The van der Waals surface area contributed by atoms with Crippen molar-refractivity contribution < 1.29 is 29.2 Å². The van der Waals surface area contributed by atoms with Crippen LogP contribution in [0.3, 0.4) is 0 Å². The third-order valence-corrected chi connectivity index (χ3v) is 5.27. The highest BCUT2D eigenvalue weighted by molar-refractivity contribution is 8.18. The largest absolute Gasteiger partial charge is 0.506 e. The minimum atomic E-state index is -0.654. The number of carbonyl (C=O) groups excluding carboxylic acids is 1. The minimum Gasteiger partial charge on any atom is -0.506 e. The Hall–Kier alpha value is -3.39. The molecule has 0 atom stereocenters. The van der Waals surface area contributed by atoms with E-state index in [1.165, 1.54) is 13.2 Å². The molecule has 0 unspecified atom stereocenters. The lowest BCUT2D eigenvalue weighted by atomic mass is 10.1. The smallest absolute Gasteiger partial charge is 0.344 e. The Labute approximate surface area is 184 Å². The van der Waals surface area contributed by atoms with Crippen molar-refractivity contribution in [3.63, 3.8) is 0 Å². The number of ether oxygens (including phenoxy) is 3. The maximum absolute atomic E-state index is 12.5. The Morgan fingerprint density at radius 1 is 1.10 bits per heavy atom. The van der Waals surface area contributed by atoms with Gasteiger partial charge in [0.25, 0.3) is 0 Å². The number of benzene rings is 2. The number of rotatable bonds is 7. The number of hydrogen-bond donors (Lipinski definition) is 2. The van der Waals surface area contributed by atoms with Crippen LogP contribution in [0.25, 0.3) is 6.08 Å². The van der Waals surface area contributed by atoms with E-state index in [0.29, 0.717) is 33.6 Å². The van der Waals surface area contributed by atoms with Gasteiger partial charge in [-0.2, -0.15) is 0 Å². The van der Waals surface area contributed by atoms with Crippen molar-refractivity contribution in [2.24, 2.45) is 4.99 Å². The molecule has 2 aromatic rings. The van der Waals surface area contributed by atoms with Crippen LogP contribution in [0.1, 0.15) is 19.4 Å². The Bertz CT molecular complexity index is 1060. The van der Waals surface area contributed by atoms with Gasteiger partial charge in [-0.15, -0.1) is 0 Å². The molecule has 3 rings (SSSR count). The molecule has 8 heteroatoms. The van der Waals surface area contributed by atoms with Crippen molar-refractivity contribution in [3.05, 3.63) is 64.3 Å². The number of aliphatic hydroxyl groups excluding tert-OH is 1. The second kappa shape index (κ2) is 10.1. The highest BCUT2D eigenvalue weighted by atomic mass is 32.2. The van der Waals surface area contributed by atoms with Crippen molar-refractivity contribution >= 4 is 34.5 Å². The third kappa shape index (κ3) is 5.21. The van der Waals surface area contributed by atoms with Gasteiger partial charge in [0.2, 0.25) is 0 Å². The number of esters is 1. The number of phenols is 1. The highest BCUT2D eigenvalue weighted by Gasteiger charge is 2.33. The monoisotopic (exact) mass is 441 g/mol. The Morgan fingerprint density at radius 2 is 1.84 bits per heavy atom. The highest BCUT2D eigenvalue weighted by Crippen LogP contribution is 2.41. The molecule has 0 bridgehead atoms. The van der Waals surface area contributed by atoms with E-state index in [9.17, 15) is 15.0 Å². The number of nitrogens with zero attached hydrogens (tertiary/aromatic N) is 1. The van der Waals surface area contributed by atoms with E-state index < -0.39 is 5.97 Å². The molecule has 0 aliphatic carbocycles. The van der Waals surface area contributed by atoms with Gasteiger partial charge in [-0.3, -0.25) is 0 Å². The summed E-state index contributed by atoms with van der Waals surface area (Å²) in [5, 5.41) is 21.1. The number of phenolic OH excluding ortho intramolecular Hbond substituents is 1. The van der Waals surface area contributed by atoms with Gasteiger partial charge in [0.1, 0.15) is 22.1 Å². The van der Waals surface area contributed by atoms with Crippen LogP contribution in [-0.2, 0) is 9.53 Å². The average Bonchev–Trinajstić information content (AvgIpc) is 3.04. The van der Waals surface area contributed by atoms with Gasteiger partial charge in [0, 0.05) is 0 Å². The standard InChI is InChI=1S/C23H23NO6S/c1-4-29-16-9-7-15(8-10-16)24-22-20(23(27)30-5-2)21(26)19(31-22)13-14-6-11-18(28-3)17(25)12-14/h6-13,25-26H,4-5H2,1-3H3. The van der Waals surface area contributed by atoms with Gasteiger partial charge in [0.15, 0.2) is 11.5 Å². The molecular weight excluding hydrogens is 418 g/mol. The lowest BCUT2D eigenvalue weighted by Gasteiger charge is -2.05. The van der Waals surface area contributed by atoms with E-state index in [-0.39, 0.29) is 23.7 Å². The van der Waals surface area contributed by atoms with Crippen LogP contribution in [0, 0.1) is 0 Å². The van der Waals surface area contributed by atoms with Gasteiger partial charge in [-0.1, -0.05) is 17.8 Å². The van der Waals surface area contributed by atoms with Crippen molar-refractivity contribution in [2.45, 2.75) is 13.8 Å². The molecule has 31 heavy (non-hydrogen) atoms. The predicted octanol–water partition coefficient (Wildman–Crippen LogP) is 4.99. The molecule has 0 aromatic heterocycles. The first-order valence-electron chi connectivity index (χ1n) is 9.66. The molecule has 0 radical (unpaired) electrons. The first kappa shape index (κ1) is 22.3. The van der Waals surface area contributed by atoms with Crippen LogP contribution in [0.15, 0.2) is 63.7 Å². The van der Waals surface area contributed by atoms with E-state index >= 15 is 0 Å². The quantitative estimate of drug-likeness (QED) is 0.584. The Morgan fingerprint density at radius 3 is 2.45 bits per heavy atom. The number of aromatic hydroxyl groups is 1. The molecule has 2 N–H and O–H groups in total. The van der Waals surface area contributed by atoms with Crippen LogP contribution >= 0.6 is 11.8 Å². The molecule has 2 aromatic carbocycles. The molecule has 1 heterocycles. The molecule has 0 amide bonds. The van der Waals surface area contributed by atoms with Gasteiger partial charge < -0.3 is 24.4 Å². The lowest BCUT2D eigenvalue weighted by Crippen LogP contribution is -2.12. The van der Waals surface area contributed by atoms with Crippen LogP contribution < -0.4 is 9.47 Å². The average molecular weight is 442 g/mol. The van der Waals surface area contributed by atoms with E-state index in [4.69, 9.17) is 14.2 Å². The van der Waals surface area contributed by atoms with Crippen molar-refractivity contribution in [2.75, 3.05) is 20.3 Å². The fourth-order valence-corrected chi connectivity index (χ4v) is 3.88. The zero-order valence-corrected chi connectivity index (χ0v) is 18.2. The van der Waals surface area contributed by atoms with Crippen LogP contribution in [-0.4, -0.2) is 41.5 Å². The molecule has 162 valence electrons. The van der Waals surface area contributed by atoms with Gasteiger partial charge in [-0.25, -0.2) is 9.79 Å². The summed E-state index contributed by atoms with van der Waals surface area (Å²) in [6, 6.07) is 11.9. The Kier molecular flexibility index (Phi) is 7.25. The number of thioether (sulfide) groups is 1. The summed E-state index contributed by atoms with van der Waals surface area (Å²) >= 11 is 1.14. The molecule has 1 aliphatic rings. The van der Waals surface area contributed by atoms with Gasteiger partial charge in [-0.05, 0) is 61.9 Å². The topological polar surface area (TPSA) is 97.6 Å². The van der Waals surface area contributed by atoms with Crippen molar-refractivity contribution in [3.8, 4) is 17.2 Å². The van der Waals surface area contributed by atoms with Crippen molar-refractivity contribution in [1.29, 1.82) is 0 Å². The second-order valence-electron chi connectivity index (χ2n) is 6.33. The maximum Gasteiger partial charge on any atom is 0.344 e. The SMILES string of the molecule is CCOC(=O)C1=C(O)C(=Cc2ccc(OC)c(O)c2)SC1=Nc1ccc(OCC)cc1. The molecule has 7 nitrogen and oxygen atoms in total. The molecule has 1 aliphatic heterocycles. The molecule has 0 saturated heterocycles. The summed E-state index contributed by atoms with van der Waals surface area (Å²) in [6.45, 7) is 4.32. The van der Waals surface area contributed by atoms with Gasteiger partial charge >= 0.3 is 5.97 Å². The number of aliphatic hydroxyl groups is 1. The minimum absolute atomic E-state index is 0.00437. The summed E-state index contributed by atoms with van der Waals surface area (Å²) < 4.78 is 15.6. The van der Waals surface area contributed by atoms with E-state index in [0.717, 1.165) is 17.5 Å². The maximum atomic E-state index is 12.5. The normalized spacial score (nSPS) is 16.1. The zero-order chi connectivity index (χ0) is 22.4. The zero-order valence-electron chi connectivity index (χ0n) is 17.4. The number of aliphatic imine (C=N–C) groups is 1. The van der Waals surface area contributed by atoms with Crippen LogP contribution in [0.2, 0.25) is 0 Å². The van der Waals surface area contributed by atoms with E-state index in [1.54, 1.807) is 49.4 Å². The summed E-state index contributed by atoms with van der Waals surface area (Å²) in [6.07, 6.45) is 1.65. The van der Waals surface area contributed by atoms with E-state index in [2.05, 4.69) is 4.99 Å². The Balaban J connectivity index is 1.98. The first-order valence-corrected chi connectivity index (χ1v) is 10.5. The fourth-order valence-electron chi connectivity index (χ4n) is 2.84. The summed E-state index contributed by atoms with van der Waals surface area (Å²) in [4.78, 5) is 17.4. The first-order chi connectivity index (χ1) is 15.0. The third-order valence-electron chi connectivity index (χ3n) is 4.25. The van der Waals surface area contributed by atoms with Gasteiger partial charge in [0.05, 0.1) is 30.9 Å². The number of carbonyl (C=O) groups is 1. The van der Waals surface area contributed by atoms with Crippen molar-refractivity contribution in [1.82, 2.24) is 0 Å². The van der Waals surface area contributed by atoms with Crippen LogP contribution in [0.5, 0.6) is 17.2 Å². The lowest BCUT2D eigenvalue weighted by molar-refractivity contribution is -0.138. The summed E-state index contributed by atoms with van der Waals surface area (Å²) in [7, 11) is 1.46. The van der Waals surface area contributed by atoms with E-state index in [1.807, 2.05) is 6.92 Å². The molecule has 0 fully saturated rings. The summed E-state index contributed by atoms with van der Waals surface area (Å²) in [5.41, 5.74) is 1.23. The van der Waals surface area contributed by atoms with Crippen LogP contribution in [0.4, 0.5) is 5.69 Å². The molecular formula is C23H23NO6S. The molecule has 0 saturated carbocycles. The fraction of sp³-hybridized carbons (Fsp3) is 0.217. The number of methoxy groups -OCH3 is 1. The molecule has 0 spiro atoms.